The topological polar surface area (TPSA) is 252 Å². The number of nitrogens with zero attached hydrogens (tertiary/aromatic N) is 7. The molecule has 3 heterocycles. The van der Waals surface area contributed by atoms with Crippen molar-refractivity contribution < 1.29 is 69.2 Å². The van der Waals surface area contributed by atoms with Gasteiger partial charge in [-0.15, -0.1) is 0 Å². The summed E-state index contributed by atoms with van der Waals surface area (Å²) in [6.45, 7) is 11.1. The summed E-state index contributed by atoms with van der Waals surface area (Å²) in [5, 5.41) is 30.6. The van der Waals surface area contributed by atoms with Gasteiger partial charge in [0.15, 0.2) is 5.79 Å². The fourth-order valence-electron chi connectivity index (χ4n) is 7.10. The average Bonchev–Trinajstić information content (AvgIpc) is 3.27. The van der Waals surface area contributed by atoms with Crippen molar-refractivity contribution >= 4 is 56.0 Å². The van der Waals surface area contributed by atoms with Gasteiger partial charge in [-0.05, 0) is 74.2 Å². The van der Waals surface area contributed by atoms with E-state index in [1.165, 1.54) is 69.8 Å². The largest absolute Gasteiger partial charge is 0.550 e. The molecule has 4 atom stereocenters. The number of aliphatic carboxylic acids is 1. The van der Waals surface area contributed by atoms with Gasteiger partial charge < -0.3 is 38.8 Å². The molecule has 4 aromatic rings. The molecule has 2 aromatic heterocycles. The molecule has 0 spiro atoms. The number of aliphatic hydroxyl groups is 2. The van der Waals surface area contributed by atoms with Gasteiger partial charge in [0.25, 0.3) is 0 Å². The van der Waals surface area contributed by atoms with E-state index < -0.39 is 74.3 Å². The minimum Gasteiger partial charge on any atom is -0.550 e. The van der Waals surface area contributed by atoms with Crippen LogP contribution in [0, 0.1) is 11.6 Å². The molecule has 1 saturated heterocycles. The smallest absolute Gasteiger partial charge is 0.308 e. The second-order valence-electron chi connectivity index (χ2n) is 20.4. The molecular formula is C52H73F2N7O12S2. The van der Waals surface area contributed by atoms with E-state index in [2.05, 4.69) is 48.1 Å². The Morgan fingerprint density at radius 3 is 1.57 bits per heavy atom. The third kappa shape index (κ3) is 20.7. The summed E-state index contributed by atoms with van der Waals surface area (Å²) < 4.78 is 95.5. The van der Waals surface area contributed by atoms with Gasteiger partial charge in [-0.1, -0.05) is 52.0 Å². The number of aliphatic hydroxyl groups excluding tert-OH is 2. The molecule has 2 aromatic carbocycles. The Balaban J connectivity index is 0.000000364. The Kier molecular flexibility index (Phi) is 22.7. The van der Waals surface area contributed by atoms with Crippen LogP contribution in [-0.4, -0.2) is 156 Å². The summed E-state index contributed by atoms with van der Waals surface area (Å²) in [6, 6.07) is 11.3. The lowest BCUT2D eigenvalue weighted by Crippen LogP contribution is -2.44. The zero-order valence-corrected chi connectivity index (χ0v) is 47.0. The van der Waals surface area contributed by atoms with Gasteiger partial charge in [0.05, 0.1) is 101 Å². The van der Waals surface area contributed by atoms with Gasteiger partial charge in [-0.2, -0.15) is 0 Å². The van der Waals surface area contributed by atoms with E-state index in [1.807, 2.05) is 39.8 Å². The average molecular weight is 1090 g/mol. The molecule has 0 radical (unpaired) electrons. The summed E-state index contributed by atoms with van der Waals surface area (Å²) in [7, 11) is 5.26. The molecule has 19 nitrogen and oxygen atoms in total. The number of esters is 1. The first-order valence-corrected chi connectivity index (χ1v) is 27.6. The molecule has 0 saturated carbocycles. The summed E-state index contributed by atoms with van der Waals surface area (Å²) in [6.07, 6.45) is 5.08. The molecule has 75 heavy (non-hydrogen) atoms. The molecule has 0 amide bonds. The number of carbonyl (C=O) groups is 2. The van der Waals surface area contributed by atoms with E-state index in [9.17, 15) is 50.5 Å². The van der Waals surface area contributed by atoms with Gasteiger partial charge in [-0.3, -0.25) is 4.79 Å². The molecular weight excluding hydrogens is 1020 g/mol. The van der Waals surface area contributed by atoms with Gasteiger partial charge in [-0.25, -0.2) is 54.2 Å². The molecule has 1 aliphatic heterocycles. The first-order valence-electron chi connectivity index (χ1n) is 23.9. The first kappa shape index (κ1) is 63.5. The van der Waals surface area contributed by atoms with E-state index in [1.54, 1.807) is 26.0 Å². The van der Waals surface area contributed by atoms with Gasteiger partial charge in [0.2, 0.25) is 31.9 Å². The van der Waals surface area contributed by atoms with Crippen LogP contribution in [0.3, 0.4) is 0 Å². The number of methoxy groups -OCH3 is 1. The predicted molar refractivity (Wildman–Crippen MR) is 283 cm³/mol. The Morgan fingerprint density at radius 1 is 0.787 bits per heavy atom. The van der Waals surface area contributed by atoms with Crippen molar-refractivity contribution in [1.82, 2.24) is 19.9 Å². The predicted octanol–water partition coefficient (Wildman–Crippen LogP) is 5.68. The van der Waals surface area contributed by atoms with Gasteiger partial charge in [0.1, 0.15) is 11.6 Å². The third-order valence-corrected chi connectivity index (χ3v) is 13.0. The number of carbonyl (C=O) groups excluding carboxylic acids is 2. The standard InChI is InChI=1S/C26H34FN3O6S.C22H28FN3O6S.C4H12N/c1-16(2)23-21(13-12-19-14-20(15-22(31)34-6)36-26(3,4)35-19)24(17-8-10-18(27)11-9-17)29-25(28-23)30(5)37(7,32)33;1-13(2)20-18(10-9-16(27)11-17(28)12-19(29)30)21(14-5-7-15(23)8-6-14)25-22(24-20)26(3)33(4,31)32;1-5(2,3)4/h8-13,16,19-20H,14-15H2,1-7H3;5-10,13,16-17,27-28H,11-12H2,1-4H3,(H,29,30);1-4H3/q;;+1/p-1/b13-12+;10-9+;/t19-,20-;16-,17-;/m11./s1. The van der Waals surface area contributed by atoms with Crippen LogP contribution in [0.5, 0.6) is 0 Å². The lowest BCUT2D eigenvalue weighted by atomic mass is 9.97. The Hall–Kier alpha value is -5.82. The van der Waals surface area contributed by atoms with Crippen LogP contribution < -0.4 is 13.7 Å². The second kappa shape index (κ2) is 26.8. The number of ether oxygens (including phenoxy) is 3. The number of halogens is 2. The van der Waals surface area contributed by atoms with Crippen LogP contribution in [0.25, 0.3) is 34.7 Å². The number of aromatic nitrogens is 4. The number of quaternary nitrogens is 1. The highest BCUT2D eigenvalue weighted by Gasteiger charge is 2.36. The molecule has 0 bridgehead atoms. The number of benzene rings is 2. The van der Waals surface area contributed by atoms with Crippen molar-refractivity contribution in [3.05, 3.63) is 94.8 Å². The number of rotatable bonds is 18. The normalized spacial score (nSPS) is 16.7. The van der Waals surface area contributed by atoms with Crippen molar-refractivity contribution in [2.24, 2.45) is 0 Å². The maximum absolute atomic E-state index is 13.7. The minimum atomic E-state index is -3.66. The SMILES string of the molecule is CC(C)c1nc(N(C)S(C)(=O)=O)nc(-c2ccc(F)cc2)c1/C=C/[C@@H](O)C[C@@H](O)CC(=O)[O-].COC(=O)C[C@H]1C[C@@H](/C=C/c2c(-c3ccc(F)cc3)nc(N(C)S(C)(=O)=O)nc2C(C)C)OC(C)(C)O1.C[N+](C)(C)C. The monoisotopic (exact) mass is 1090 g/mol. The second-order valence-corrected chi connectivity index (χ2v) is 24.4. The van der Waals surface area contributed by atoms with E-state index in [0.717, 1.165) is 25.6 Å². The maximum Gasteiger partial charge on any atom is 0.308 e. The third-order valence-electron chi connectivity index (χ3n) is 10.7. The van der Waals surface area contributed by atoms with Crippen LogP contribution in [-0.2, 0) is 43.8 Å². The van der Waals surface area contributed by atoms with Gasteiger partial charge in [0, 0.05) is 61.6 Å². The van der Waals surface area contributed by atoms with E-state index in [0.29, 0.717) is 51.5 Å². The summed E-state index contributed by atoms with van der Waals surface area (Å²) in [5.41, 5.74) is 4.10. The molecule has 414 valence electrons. The molecule has 2 N–H and O–H groups in total. The van der Waals surface area contributed by atoms with Crippen LogP contribution in [0.15, 0.2) is 60.7 Å². The molecule has 1 aliphatic rings. The van der Waals surface area contributed by atoms with Crippen molar-refractivity contribution in [3.8, 4) is 22.5 Å². The Morgan fingerprint density at radius 2 is 1.20 bits per heavy atom. The summed E-state index contributed by atoms with van der Waals surface area (Å²) in [4.78, 5) is 40.4. The van der Waals surface area contributed by atoms with Crippen molar-refractivity contribution in [3.63, 3.8) is 0 Å². The zero-order chi connectivity index (χ0) is 57.0. The highest BCUT2D eigenvalue weighted by molar-refractivity contribution is 7.92. The number of sulfonamides is 2. The highest BCUT2D eigenvalue weighted by Crippen LogP contribution is 2.35. The van der Waals surface area contributed by atoms with E-state index in [-0.39, 0.29) is 42.5 Å². The number of anilines is 2. The minimum absolute atomic E-state index is 0.0178. The summed E-state index contributed by atoms with van der Waals surface area (Å²) in [5.74, 6) is -3.91. The molecule has 1 fully saturated rings. The van der Waals surface area contributed by atoms with Crippen LogP contribution in [0.2, 0.25) is 0 Å². The number of hydrogen-bond acceptors (Lipinski definition) is 16. The zero-order valence-electron chi connectivity index (χ0n) is 45.4. The van der Waals surface area contributed by atoms with E-state index >= 15 is 0 Å². The lowest BCUT2D eigenvalue weighted by molar-refractivity contribution is -0.849. The Labute approximate surface area is 440 Å². The van der Waals surface area contributed by atoms with Crippen molar-refractivity contribution in [1.29, 1.82) is 0 Å². The quantitative estimate of drug-likeness (QED) is 0.0898. The maximum atomic E-state index is 13.7. The van der Waals surface area contributed by atoms with E-state index in [4.69, 9.17) is 14.2 Å². The summed E-state index contributed by atoms with van der Waals surface area (Å²) >= 11 is 0. The number of carboxylic acids is 1. The first-order chi connectivity index (χ1) is 34.5. The highest BCUT2D eigenvalue weighted by atomic mass is 32.2. The van der Waals surface area contributed by atoms with Crippen molar-refractivity contribution in [2.45, 2.75) is 109 Å². The fraction of sp³-hybridized carbons (Fsp3) is 0.500. The van der Waals surface area contributed by atoms with Crippen LogP contribution in [0.1, 0.15) is 102 Å². The van der Waals surface area contributed by atoms with Crippen LogP contribution >= 0.6 is 0 Å². The van der Waals surface area contributed by atoms with Gasteiger partial charge >= 0.3 is 5.97 Å². The fourth-order valence-corrected chi connectivity index (χ4v) is 7.85. The number of hydrogen-bond donors (Lipinski definition) is 2. The molecule has 5 rings (SSSR count). The van der Waals surface area contributed by atoms with Crippen molar-refractivity contribution in [2.75, 3.05) is 70.5 Å². The molecule has 0 aliphatic carbocycles. The molecule has 0 unspecified atom stereocenters. The Bertz CT molecular complexity index is 2860. The molecule has 23 heteroatoms. The number of carboxylic acid groups (broad SMARTS) is 1. The van der Waals surface area contributed by atoms with Crippen LogP contribution in [0.4, 0.5) is 20.7 Å². The lowest BCUT2D eigenvalue weighted by Gasteiger charge is -2.39.